The molecule has 0 aromatic heterocycles. The first-order valence-corrected chi connectivity index (χ1v) is 7.99. The van der Waals surface area contributed by atoms with E-state index in [1.807, 2.05) is 0 Å². The van der Waals surface area contributed by atoms with E-state index >= 15 is 0 Å². The molecule has 2 aromatic rings. The van der Waals surface area contributed by atoms with E-state index in [1.165, 1.54) is 37.3 Å². The molecule has 0 atom stereocenters. The summed E-state index contributed by atoms with van der Waals surface area (Å²) in [6.45, 7) is 1.36. The fraction of sp³-hybridized carbons (Fsp3) is 0.0714. The molecule has 116 valence electrons. The van der Waals surface area contributed by atoms with Crippen LogP contribution >= 0.6 is 11.6 Å². The molecule has 2 N–H and O–H groups in total. The van der Waals surface area contributed by atoms with Crippen molar-refractivity contribution in [2.24, 2.45) is 0 Å². The Kier molecular flexibility index (Phi) is 4.68. The maximum atomic E-state index is 13.7. The fourth-order valence-corrected chi connectivity index (χ4v) is 3.12. The van der Waals surface area contributed by atoms with Gasteiger partial charge in [-0.1, -0.05) is 11.6 Å². The molecule has 0 radical (unpaired) electrons. The third-order valence-electron chi connectivity index (χ3n) is 2.64. The van der Waals surface area contributed by atoms with Gasteiger partial charge in [0.05, 0.1) is 0 Å². The summed E-state index contributed by atoms with van der Waals surface area (Å²) in [4.78, 5) is 10.4. The quantitative estimate of drug-likeness (QED) is 0.895. The molecule has 8 heteroatoms. The number of halogens is 2. The molecule has 2 rings (SSSR count). The second-order valence-corrected chi connectivity index (χ2v) is 6.53. The van der Waals surface area contributed by atoms with Crippen LogP contribution < -0.4 is 10.0 Å². The van der Waals surface area contributed by atoms with E-state index < -0.39 is 20.7 Å². The lowest BCUT2D eigenvalue weighted by Gasteiger charge is -2.10. The Morgan fingerprint density at radius 1 is 1.09 bits per heavy atom. The maximum absolute atomic E-state index is 13.7. The van der Waals surface area contributed by atoms with Gasteiger partial charge in [0.1, 0.15) is 10.7 Å². The van der Waals surface area contributed by atoms with Crippen LogP contribution in [0.25, 0.3) is 0 Å². The number of hydrogen-bond acceptors (Lipinski definition) is 3. The molecule has 1 amide bonds. The highest BCUT2D eigenvalue weighted by atomic mass is 35.5. The number of nitrogens with one attached hydrogen (secondary N) is 2. The summed E-state index contributed by atoms with van der Waals surface area (Å²) in [5.74, 6) is -1.14. The Labute approximate surface area is 132 Å². The van der Waals surface area contributed by atoms with Gasteiger partial charge in [0.2, 0.25) is 5.91 Å². The normalized spacial score (nSPS) is 11.0. The Balaban J connectivity index is 2.25. The van der Waals surface area contributed by atoms with Crippen molar-refractivity contribution in [1.29, 1.82) is 0 Å². The summed E-state index contributed by atoms with van der Waals surface area (Å²) < 4.78 is 40.2. The Morgan fingerprint density at radius 2 is 1.68 bits per heavy atom. The first-order valence-electron chi connectivity index (χ1n) is 6.13. The van der Waals surface area contributed by atoms with E-state index in [0.29, 0.717) is 5.69 Å². The predicted molar refractivity (Wildman–Crippen MR) is 83.0 cm³/mol. The number of carbonyl (C=O) groups is 1. The third kappa shape index (κ3) is 3.96. The fourth-order valence-electron chi connectivity index (χ4n) is 1.72. The van der Waals surface area contributed by atoms with Gasteiger partial charge >= 0.3 is 0 Å². The Bertz CT molecular complexity index is 807. The molecule has 0 heterocycles. The van der Waals surface area contributed by atoms with E-state index in [4.69, 9.17) is 11.6 Å². The minimum atomic E-state index is -4.10. The van der Waals surface area contributed by atoms with Gasteiger partial charge in [-0.3, -0.25) is 9.52 Å². The molecule has 0 aliphatic rings. The zero-order valence-corrected chi connectivity index (χ0v) is 13.0. The Morgan fingerprint density at radius 3 is 2.27 bits per heavy atom. The third-order valence-corrected chi connectivity index (χ3v) is 4.27. The highest BCUT2D eigenvalue weighted by molar-refractivity contribution is 7.92. The molecule has 0 saturated carbocycles. The van der Waals surface area contributed by atoms with Crippen LogP contribution in [0.3, 0.4) is 0 Å². The van der Waals surface area contributed by atoms with Crippen LogP contribution in [0.4, 0.5) is 15.8 Å². The number of anilines is 2. The Hall–Kier alpha value is -2.12. The smallest absolute Gasteiger partial charge is 0.264 e. The predicted octanol–water partition coefficient (Wildman–Crippen LogP) is 3.24. The van der Waals surface area contributed by atoms with Crippen LogP contribution in [0, 0.1) is 5.82 Å². The lowest BCUT2D eigenvalue weighted by Crippen LogP contribution is -2.14. The van der Waals surface area contributed by atoms with E-state index in [-0.39, 0.29) is 16.6 Å². The second-order valence-electron chi connectivity index (χ2n) is 4.44. The van der Waals surface area contributed by atoms with Crippen molar-refractivity contribution in [2.75, 3.05) is 10.0 Å². The molecular weight excluding hydrogens is 331 g/mol. The average molecular weight is 343 g/mol. The largest absolute Gasteiger partial charge is 0.326 e. The molecular formula is C14H12ClFN2O3S. The number of sulfonamides is 1. The molecule has 2 aromatic carbocycles. The molecule has 0 aliphatic carbocycles. The molecule has 5 nitrogen and oxygen atoms in total. The highest BCUT2D eigenvalue weighted by Gasteiger charge is 2.19. The van der Waals surface area contributed by atoms with Crippen molar-refractivity contribution >= 4 is 38.9 Å². The number of benzene rings is 2. The zero-order valence-electron chi connectivity index (χ0n) is 11.4. The maximum Gasteiger partial charge on any atom is 0.264 e. The number of hydrogen-bond donors (Lipinski definition) is 2. The van der Waals surface area contributed by atoms with E-state index in [0.717, 1.165) is 12.1 Å². The molecule has 0 saturated heterocycles. The summed E-state index contributed by atoms with van der Waals surface area (Å²) in [7, 11) is -4.10. The lowest BCUT2D eigenvalue weighted by atomic mass is 10.3. The summed E-state index contributed by atoms with van der Waals surface area (Å²) in [6.07, 6.45) is 0. The standard InChI is InChI=1S/C14H12ClFN2O3S/c1-9(19)17-11-3-5-12(6-4-11)18-22(20,21)14-8-10(15)2-7-13(14)16/h2-8,18H,1H3,(H,17,19). The first kappa shape index (κ1) is 16.3. The van der Waals surface area contributed by atoms with Crippen LogP contribution in [0.2, 0.25) is 5.02 Å². The average Bonchev–Trinajstić information content (AvgIpc) is 2.43. The number of amides is 1. The summed E-state index contributed by atoms with van der Waals surface area (Å²) in [5.41, 5.74) is 0.748. The van der Waals surface area contributed by atoms with Crippen molar-refractivity contribution in [3.8, 4) is 0 Å². The van der Waals surface area contributed by atoms with Crippen molar-refractivity contribution in [3.05, 3.63) is 53.3 Å². The summed E-state index contributed by atoms with van der Waals surface area (Å²) >= 11 is 5.70. The number of rotatable bonds is 4. The molecule has 0 fully saturated rings. The highest BCUT2D eigenvalue weighted by Crippen LogP contribution is 2.23. The molecule has 0 aliphatic heterocycles. The summed E-state index contributed by atoms with van der Waals surface area (Å²) in [6, 6.07) is 9.22. The monoisotopic (exact) mass is 342 g/mol. The number of carbonyl (C=O) groups excluding carboxylic acids is 1. The van der Waals surface area contributed by atoms with Gasteiger partial charge < -0.3 is 5.32 Å². The van der Waals surface area contributed by atoms with Crippen LogP contribution in [0.5, 0.6) is 0 Å². The van der Waals surface area contributed by atoms with Gasteiger partial charge in [-0.2, -0.15) is 0 Å². The van der Waals surface area contributed by atoms with Crippen LogP contribution in [-0.4, -0.2) is 14.3 Å². The SMILES string of the molecule is CC(=O)Nc1ccc(NS(=O)(=O)c2cc(Cl)ccc2F)cc1. The first-order chi connectivity index (χ1) is 10.3. The molecule has 22 heavy (non-hydrogen) atoms. The van der Waals surface area contributed by atoms with Crippen molar-refractivity contribution in [3.63, 3.8) is 0 Å². The van der Waals surface area contributed by atoms with Gasteiger partial charge in [-0.25, -0.2) is 12.8 Å². The van der Waals surface area contributed by atoms with Gasteiger partial charge in [0.15, 0.2) is 0 Å². The second kappa shape index (κ2) is 6.33. The van der Waals surface area contributed by atoms with Gasteiger partial charge in [0.25, 0.3) is 10.0 Å². The zero-order chi connectivity index (χ0) is 16.3. The van der Waals surface area contributed by atoms with E-state index in [9.17, 15) is 17.6 Å². The van der Waals surface area contributed by atoms with Gasteiger partial charge in [0, 0.05) is 23.3 Å². The van der Waals surface area contributed by atoms with Gasteiger partial charge in [-0.15, -0.1) is 0 Å². The van der Waals surface area contributed by atoms with E-state index in [1.54, 1.807) is 0 Å². The van der Waals surface area contributed by atoms with Crippen LogP contribution in [0.1, 0.15) is 6.92 Å². The minimum absolute atomic E-state index is 0.114. The topological polar surface area (TPSA) is 75.3 Å². The van der Waals surface area contributed by atoms with Crippen molar-refractivity contribution < 1.29 is 17.6 Å². The molecule has 0 unspecified atom stereocenters. The summed E-state index contributed by atoms with van der Waals surface area (Å²) in [5, 5.41) is 2.66. The van der Waals surface area contributed by atoms with Crippen LogP contribution in [0.15, 0.2) is 47.4 Å². The lowest BCUT2D eigenvalue weighted by molar-refractivity contribution is -0.114. The van der Waals surface area contributed by atoms with Crippen molar-refractivity contribution in [2.45, 2.75) is 11.8 Å². The minimum Gasteiger partial charge on any atom is -0.326 e. The van der Waals surface area contributed by atoms with Gasteiger partial charge in [-0.05, 0) is 42.5 Å². The van der Waals surface area contributed by atoms with Crippen molar-refractivity contribution in [1.82, 2.24) is 0 Å². The van der Waals surface area contributed by atoms with E-state index in [2.05, 4.69) is 10.0 Å². The molecule has 0 bridgehead atoms. The molecule has 0 spiro atoms. The van der Waals surface area contributed by atoms with Crippen LogP contribution in [-0.2, 0) is 14.8 Å².